The van der Waals surface area contributed by atoms with Crippen LogP contribution in [0.25, 0.3) is 0 Å². The van der Waals surface area contributed by atoms with Crippen LogP contribution in [0.15, 0.2) is 24.3 Å². The molecule has 2 atom stereocenters. The van der Waals surface area contributed by atoms with Gasteiger partial charge in [0.05, 0.1) is 12.6 Å². The summed E-state index contributed by atoms with van der Waals surface area (Å²) < 4.78 is 14.8. The van der Waals surface area contributed by atoms with Gasteiger partial charge in [0.1, 0.15) is 4.75 Å². The Morgan fingerprint density at radius 2 is 1.89 bits per heavy atom. The molecule has 0 aromatic heterocycles. The molecule has 0 saturated carbocycles. The van der Waals surface area contributed by atoms with Gasteiger partial charge in [0.2, 0.25) is 0 Å². The van der Waals surface area contributed by atoms with Crippen molar-refractivity contribution >= 4 is 11.4 Å². The molecule has 0 aliphatic heterocycles. The van der Waals surface area contributed by atoms with Crippen molar-refractivity contribution < 1.29 is 9.66 Å². The van der Waals surface area contributed by atoms with E-state index >= 15 is 0 Å². The second kappa shape index (κ2) is 6.54. The third-order valence-electron chi connectivity index (χ3n) is 2.61. The zero-order valence-electron chi connectivity index (χ0n) is 11.1. The van der Waals surface area contributed by atoms with Crippen molar-refractivity contribution in [2.75, 3.05) is 6.54 Å². The van der Waals surface area contributed by atoms with Gasteiger partial charge in [0, 0.05) is 17.9 Å². The fraction of sp³-hybridized carbons (Fsp3) is 0.538. The van der Waals surface area contributed by atoms with E-state index in [2.05, 4.69) is 4.72 Å². The Balaban J connectivity index is 2.76. The molecule has 4 N–H and O–H groups in total. The Hall–Kier alpha value is -0.590. The zero-order valence-corrected chi connectivity index (χ0v) is 12.0. The van der Waals surface area contributed by atoms with Gasteiger partial charge >= 0.3 is 0 Å². The fourth-order valence-corrected chi connectivity index (χ4v) is 2.26. The molecule has 0 heterocycles. The highest BCUT2D eigenvalue weighted by molar-refractivity contribution is 7.90. The molecule has 5 heteroatoms. The Morgan fingerprint density at radius 1 is 1.33 bits per heavy atom. The summed E-state index contributed by atoms with van der Waals surface area (Å²) in [4.78, 5) is 0. The number of nitrogens with two attached hydrogens (primary N) is 1. The van der Waals surface area contributed by atoms with Crippen LogP contribution in [0.1, 0.15) is 37.9 Å². The van der Waals surface area contributed by atoms with Crippen LogP contribution in [0.4, 0.5) is 0 Å². The number of benzene rings is 1. The molecule has 0 bridgehead atoms. The number of aliphatic hydroxyl groups excluding tert-OH is 1. The van der Waals surface area contributed by atoms with Crippen molar-refractivity contribution in [3.63, 3.8) is 0 Å². The van der Waals surface area contributed by atoms with Gasteiger partial charge in [-0.1, -0.05) is 24.3 Å². The minimum Gasteiger partial charge on any atom is -0.598 e. The van der Waals surface area contributed by atoms with Gasteiger partial charge in [0.15, 0.2) is 0 Å². The summed E-state index contributed by atoms with van der Waals surface area (Å²) in [5, 5.41) is 8.99. The maximum Gasteiger partial charge on any atom is 0.136 e. The molecular formula is C13H22N2O2S. The molecule has 0 aliphatic carbocycles. The molecule has 0 fully saturated rings. The Labute approximate surface area is 112 Å². The largest absolute Gasteiger partial charge is 0.598 e. The molecule has 0 aliphatic rings. The molecule has 1 aromatic rings. The molecule has 0 radical (unpaired) electrons. The van der Waals surface area contributed by atoms with E-state index in [1.807, 2.05) is 45.0 Å². The number of nitrogens with one attached hydrogen (secondary N) is 1. The summed E-state index contributed by atoms with van der Waals surface area (Å²) in [7, 11) is 0. The van der Waals surface area contributed by atoms with Crippen molar-refractivity contribution in [1.29, 1.82) is 0 Å². The molecule has 4 nitrogen and oxygen atoms in total. The number of hydrogen-bond donors (Lipinski definition) is 3. The normalized spacial score (nSPS) is 15.4. The van der Waals surface area contributed by atoms with Crippen LogP contribution in [0.5, 0.6) is 0 Å². The second-order valence-corrected chi connectivity index (χ2v) is 7.18. The molecular weight excluding hydrogens is 248 g/mol. The third-order valence-corrected chi connectivity index (χ3v) is 4.22. The standard InChI is InChI=1S/C13H22N2O2S/c1-13(2,3)18(17)15-12(8-14)11-6-4-10(9-16)5-7-11/h4-7,12,15-16H,8-9,14H2,1-3H3/t12-,18?/m1/s1. The summed E-state index contributed by atoms with van der Waals surface area (Å²) in [5.41, 5.74) is 7.55. The Bertz CT molecular complexity index is 362. The lowest BCUT2D eigenvalue weighted by molar-refractivity contribution is 0.282. The monoisotopic (exact) mass is 270 g/mol. The molecule has 0 saturated heterocycles. The Morgan fingerprint density at radius 3 is 2.28 bits per heavy atom. The first-order chi connectivity index (χ1) is 8.38. The van der Waals surface area contributed by atoms with Crippen LogP contribution in [-0.2, 0) is 18.0 Å². The summed E-state index contributed by atoms with van der Waals surface area (Å²) in [6, 6.07) is 7.35. The first-order valence-corrected chi connectivity index (χ1v) is 7.11. The number of rotatable bonds is 5. The molecule has 18 heavy (non-hydrogen) atoms. The minimum atomic E-state index is -1.15. The van der Waals surface area contributed by atoms with Gasteiger partial charge in [-0.2, -0.15) is 0 Å². The number of aliphatic hydroxyl groups is 1. The van der Waals surface area contributed by atoms with Crippen molar-refractivity contribution in [2.45, 2.75) is 38.2 Å². The van der Waals surface area contributed by atoms with Gasteiger partial charge < -0.3 is 15.4 Å². The van der Waals surface area contributed by atoms with E-state index < -0.39 is 11.4 Å². The van der Waals surface area contributed by atoms with E-state index in [9.17, 15) is 4.55 Å². The zero-order chi connectivity index (χ0) is 13.8. The maximum absolute atomic E-state index is 12.0. The molecule has 0 amide bonds. The Kier molecular flexibility index (Phi) is 5.62. The first kappa shape index (κ1) is 15.5. The summed E-state index contributed by atoms with van der Waals surface area (Å²) in [6.07, 6.45) is 0. The number of hydrogen-bond acceptors (Lipinski definition) is 4. The fourth-order valence-electron chi connectivity index (χ4n) is 1.41. The van der Waals surface area contributed by atoms with Crippen molar-refractivity contribution in [3.8, 4) is 0 Å². The second-order valence-electron chi connectivity index (χ2n) is 5.19. The van der Waals surface area contributed by atoms with Crippen molar-refractivity contribution in [2.24, 2.45) is 5.73 Å². The van der Waals surface area contributed by atoms with Gasteiger partial charge in [-0.3, -0.25) is 0 Å². The summed E-state index contributed by atoms with van der Waals surface area (Å²) in [6.45, 7) is 6.14. The van der Waals surface area contributed by atoms with E-state index in [0.717, 1.165) is 11.1 Å². The van der Waals surface area contributed by atoms with Gasteiger partial charge in [-0.15, -0.1) is 4.72 Å². The van der Waals surface area contributed by atoms with E-state index in [1.165, 1.54) is 0 Å². The highest BCUT2D eigenvalue weighted by Crippen LogP contribution is 2.19. The lowest BCUT2D eigenvalue weighted by Gasteiger charge is -2.27. The quantitative estimate of drug-likeness (QED) is 0.703. The van der Waals surface area contributed by atoms with Gasteiger partial charge in [-0.05, 0) is 31.9 Å². The predicted octanol–water partition coefficient (Wildman–Crippen LogP) is 1.23. The van der Waals surface area contributed by atoms with E-state index in [-0.39, 0.29) is 17.4 Å². The minimum absolute atomic E-state index is 0.0227. The van der Waals surface area contributed by atoms with Gasteiger partial charge in [-0.25, -0.2) is 0 Å². The summed E-state index contributed by atoms with van der Waals surface area (Å²) in [5.74, 6) is 0. The average molecular weight is 270 g/mol. The highest BCUT2D eigenvalue weighted by atomic mass is 32.2. The topological polar surface area (TPSA) is 81.3 Å². The van der Waals surface area contributed by atoms with E-state index in [1.54, 1.807) is 0 Å². The first-order valence-electron chi connectivity index (χ1n) is 5.96. The van der Waals surface area contributed by atoms with E-state index in [0.29, 0.717) is 6.54 Å². The smallest absolute Gasteiger partial charge is 0.136 e. The van der Waals surface area contributed by atoms with Crippen LogP contribution in [-0.4, -0.2) is 21.0 Å². The molecule has 1 unspecified atom stereocenters. The van der Waals surface area contributed by atoms with Crippen LogP contribution >= 0.6 is 0 Å². The van der Waals surface area contributed by atoms with Crippen LogP contribution in [0.3, 0.4) is 0 Å². The highest BCUT2D eigenvalue weighted by Gasteiger charge is 2.29. The third kappa shape index (κ3) is 4.26. The lowest BCUT2D eigenvalue weighted by atomic mass is 10.1. The van der Waals surface area contributed by atoms with Crippen LogP contribution in [0.2, 0.25) is 0 Å². The molecule has 102 valence electrons. The molecule has 1 rings (SSSR count). The van der Waals surface area contributed by atoms with Crippen LogP contribution < -0.4 is 10.5 Å². The van der Waals surface area contributed by atoms with Gasteiger partial charge in [0.25, 0.3) is 0 Å². The molecule has 1 aromatic carbocycles. The SMILES string of the molecule is CC(C)(C)[S+]([O-])N[C@H](CN)c1ccc(CO)cc1. The van der Waals surface area contributed by atoms with Crippen molar-refractivity contribution in [1.82, 2.24) is 4.72 Å². The van der Waals surface area contributed by atoms with Crippen molar-refractivity contribution in [3.05, 3.63) is 35.4 Å². The van der Waals surface area contributed by atoms with E-state index in [4.69, 9.17) is 10.8 Å². The lowest BCUT2D eigenvalue weighted by Crippen LogP contribution is -2.43. The average Bonchev–Trinajstić information content (AvgIpc) is 2.34. The molecule has 0 spiro atoms. The van der Waals surface area contributed by atoms with Crippen LogP contribution in [0, 0.1) is 0 Å². The summed E-state index contributed by atoms with van der Waals surface area (Å²) >= 11 is -1.15. The predicted molar refractivity (Wildman–Crippen MR) is 75.2 cm³/mol. The maximum atomic E-state index is 12.0.